The predicted octanol–water partition coefficient (Wildman–Crippen LogP) is 1.96. The summed E-state index contributed by atoms with van der Waals surface area (Å²) in [7, 11) is 0. The Morgan fingerprint density at radius 3 is 2.35 bits per heavy atom. The van der Waals surface area contributed by atoms with Gasteiger partial charge in [0.15, 0.2) is 12.3 Å². The van der Waals surface area contributed by atoms with Crippen molar-refractivity contribution in [1.82, 2.24) is 15.0 Å². The fourth-order valence-corrected chi connectivity index (χ4v) is 2.83. The van der Waals surface area contributed by atoms with Gasteiger partial charge in [0.1, 0.15) is 11.5 Å². The third-order valence-electron chi connectivity index (χ3n) is 4.61. The van der Waals surface area contributed by atoms with Crippen LogP contribution in [0.5, 0.6) is 5.75 Å². The lowest BCUT2D eigenvalue weighted by atomic mass is 10.1. The van der Waals surface area contributed by atoms with E-state index < -0.39 is 0 Å². The molecule has 2 heterocycles. The van der Waals surface area contributed by atoms with E-state index >= 15 is 0 Å². The van der Waals surface area contributed by atoms with Crippen LogP contribution in [0.25, 0.3) is 0 Å². The zero-order chi connectivity index (χ0) is 18.7. The highest BCUT2D eigenvalue weighted by atomic mass is 16.5. The molecule has 138 valence electrons. The maximum atomic E-state index is 12.3. The maximum absolute atomic E-state index is 12.3. The van der Waals surface area contributed by atoms with Gasteiger partial charge in [0.2, 0.25) is 0 Å². The Morgan fingerprint density at radius 1 is 1.04 bits per heavy atom. The number of amides is 2. The highest BCUT2D eigenvalue weighted by molar-refractivity contribution is 5.92. The quantitative estimate of drug-likeness (QED) is 0.836. The topological polar surface area (TPSA) is 75.9 Å². The van der Waals surface area contributed by atoms with Crippen molar-refractivity contribution in [2.24, 2.45) is 0 Å². The number of aryl methyl sites for hydroxylation is 3. The number of benzene rings is 1. The van der Waals surface area contributed by atoms with Crippen molar-refractivity contribution in [2.45, 2.75) is 20.8 Å². The average molecular weight is 357 g/mol. The van der Waals surface area contributed by atoms with Crippen LogP contribution in [0.3, 0.4) is 0 Å². The summed E-state index contributed by atoms with van der Waals surface area (Å²) in [5, 5.41) is 3.75. The van der Waals surface area contributed by atoms with Crippen LogP contribution in [-0.2, 0) is 4.79 Å². The minimum Gasteiger partial charge on any atom is -0.484 e. The van der Waals surface area contributed by atoms with Crippen molar-refractivity contribution in [3.8, 4) is 5.75 Å². The van der Waals surface area contributed by atoms with Gasteiger partial charge in [-0.25, -0.2) is 0 Å². The molecule has 1 aromatic heterocycles. The maximum Gasteiger partial charge on any atom is 0.276 e. The predicted molar refractivity (Wildman–Crippen MR) is 95.1 cm³/mol. The van der Waals surface area contributed by atoms with Crippen molar-refractivity contribution in [3.05, 3.63) is 46.8 Å². The van der Waals surface area contributed by atoms with Gasteiger partial charge in [-0.1, -0.05) is 11.2 Å². The summed E-state index contributed by atoms with van der Waals surface area (Å²) in [5.41, 5.74) is 2.62. The molecule has 1 aliphatic heterocycles. The van der Waals surface area contributed by atoms with E-state index in [1.165, 1.54) is 5.56 Å². The van der Waals surface area contributed by atoms with Crippen molar-refractivity contribution in [3.63, 3.8) is 0 Å². The Balaban J connectivity index is 1.48. The number of aromatic nitrogens is 1. The standard InChI is InChI=1S/C19H23N3O4/c1-13-4-5-16(10-14(13)2)25-12-18(23)21-6-8-22(9-7-21)19(24)17-11-15(3)26-20-17/h4-5,10-11H,6-9,12H2,1-3H3. The molecular weight excluding hydrogens is 334 g/mol. The summed E-state index contributed by atoms with van der Waals surface area (Å²) >= 11 is 0. The SMILES string of the molecule is Cc1cc(C(=O)N2CCN(C(=O)COc3ccc(C)c(C)c3)CC2)no1. The first-order valence-corrected chi connectivity index (χ1v) is 8.64. The van der Waals surface area contributed by atoms with E-state index in [0.717, 1.165) is 5.56 Å². The van der Waals surface area contributed by atoms with Gasteiger partial charge in [0.25, 0.3) is 11.8 Å². The Morgan fingerprint density at radius 2 is 1.73 bits per heavy atom. The van der Waals surface area contributed by atoms with Crippen LogP contribution < -0.4 is 4.74 Å². The van der Waals surface area contributed by atoms with E-state index in [4.69, 9.17) is 9.26 Å². The number of ether oxygens (including phenoxy) is 1. The van der Waals surface area contributed by atoms with Crippen LogP contribution >= 0.6 is 0 Å². The highest BCUT2D eigenvalue weighted by Gasteiger charge is 2.26. The van der Waals surface area contributed by atoms with Gasteiger partial charge >= 0.3 is 0 Å². The lowest BCUT2D eigenvalue weighted by molar-refractivity contribution is -0.134. The van der Waals surface area contributed by atoms with Crippen LogP contribution in [-0.4, -0.2) is 59.6 Å². The molecule has 2 aromatic rings. The van der Waals surface area contributed by atoms with Crippen LogP contribution in [0.4, 0.5) is 0 Å². The largest absolute Gasteiger partial charge is 0.484 e. The summed E-state index contributed by atoms with van der Waals surface area (Å²) in [6.07, 6.45) is 0. The van der Waals surface area contributed by atoms with Crippen molar-refractivity contribution in [1.29, 1.82) is 0 Å². The third-order valence-corrected chi connectivity index (χ3v) is 4.61. The number of nitrogens with zero attached hydrogens (tertiary/aromatic N) is 3. The van der Waals surface area contributed by atoms with Gasteiger partial charge in [-0.2, -0.15) is 0 Å². The lowest BCUT2D eigenvalue weighted by Crippen LogP contribution is -2.51. The zero-order valence-corrected chi connectivity index (χ0v) is 15.3. The minimum atomic E-state index is -0.166. The second-order valence-corrected chi connectivity index (χ2v) is 6.53. The van der Waals surface area contributed by atoms with Gasteiger partial charge in [-0.15, -0.1) is 0 Å². The molecule has 0 spiro atoms. The molecule has 26 heavy (non-hydrogen) atoms. The van der Waals surface area contributed by atoms with Gasteiger partial charge < -0.3 is 19.1 Å². The van der Waals surface area contributed by atoms with Crippen molar-refractivity contribution < 1.29 is 18.8 Å². The summed E-state index contributed by atoms with van der Waals surface area (Å²) in [6, 6.07) is 7.40. The molecule has 1 aromatic carbocycles. The van der Waals surface area contributed by atoms with E-state index in [9.17, 15) is 9.59 Å². The number of piperazine rings is 1. The Bertz CT molecular complexity index is 807. The second-order valence-electron chi connectivity index (χ2n) is 6.53. The molecule has 2 amide bonds. The molecule has 0 bridgehead atoms. The molecule has 7 heteroatoms. The van der Waals surface area contributed by atoms with Gasteiger partial charge in [0.05, 0.1) is 0 Å². The van der Waals surface area contributed by atoms with Crippen LogP contribution in [0.15, 0.2) is 28.8 Å². The Labute approximate surface area is 152 Å². The zero-order valence-electron chi connectivity index (χ0n) is 15.3. The Hall–Kier alpha value is -2.83. The van der Waals surface area contributed by atoms with Crippen molar-refractivity contribution >= 4 is 11.8 Å². The molecule has 0 aliphatic carbocycles. The molecular formula is C19H23N3O4. The molecule has 0 N–H and O–H groups in total. The first-order chi connectivity index (χ1) is 12.4. The Kier molecular flexibility index (Phi) is 5.25. The molecule has 0 unspecified atom stereocenters. The van der Waals surface area contributed by atoms with E-state index in [2.05, 4.69) is 5.16 Å². The van der Waals surface area contributed by atoms with E-state index in [0.29, 0.717) is 43.4 Å². The fraction of sp³-hybridized carbons (Fsp3) is 0.421. The van der Waals surface area contributed by atoms with Crippen LogP contribution in [0, 0.1) is 20.8 Å². The molecule has 0 saturated carbocycles. The summed E-state index contributed by atoms with van der Waals surface area (Å²) in [5.74, 6) is 1.05. The number of carbonyl (C=O) groups excluding carboxylic acids is 2. The molecule has 1 saturated heterocycles. The molecule has 3 rings (SSSR count). The molecule has 0 atom stereocenters. The number of rotatable bonds is 4. The monoisotopic (exact) mass is 357 g/mol. The first kappa shape index (κ1) is 18.0. The van der Waals surface area contributed by atoms with Crippen LogP contribution in [0.2, 0.25) is 0 Å². The summed E-state index contributed by atoms with van der Waals surface area (Å²) in [6.45, 7) is 7.70. The highest BCUT2D eigenvalue weighted by Crippen LogP contribution is 2.16. The number of carbonyl (C=O) groups is 2. The first-order valence-electron chi connectivity index (χ1n) is 8.64. The van der Waals surface area contributed by atoms with Gasteiger partial charge in [-0.3, -0.25) is 9.59 Å². The van der Waals surface area contributed by atoms with Crippen LogP contribution in [0.1, 0.15) is 27.4 Å². The van der Waals surface area contributed by atoms with E-state index in [-0.39, 0.29) is 18.4 Å². The third kappa shape index (κ3) is 4.04. The fourth-order valence-electron chi connectivity index (χ4n) is 2.83. The molecule has 7 nitrogen and oxygen atoms in total. The van der Waals surface area contributed by atoms with Crippen molar-refractivity contribution in [2.75, 3.05) is 32.8 Å². The number of hydrogen-bond acceptors (Lipinski definition) is 5. The molecule has 1 fully saturated rings. The lowest BCUT2D eigenvalue weighted by Gasteiger charge is -2.34. The molecule has 0 radical (unpaired) electrons. The minimum absolute atomic E-state index is 0.00106. The summed E-state index contributed by atoms with van der Waals surface area (Å²) < 4.78 is 10.6. The smallest absolute Gasteiger partial charge is 0.276 e. The van der Waals surface area contributed by atoms with E-state index in [1.807, 2.05) is 32.0 Å². The summed E-state index contributed by atoms with van der Waals surface area (Å²) in [4.78, 5) is 28.1. The van der Waals surface area contributed by atoms with E-state index in [1.54, 1.807) is 22.8 Å². The number of hydrogen-bond donors (Lipinski definition) is 0. The second kappa shape index (κ2) is 7.59. The average Bonchev–Trinajstić information content (AvgIpc) is 3.08. The van der Waals surface area contributed by atoms with Gasteiger partial charge in [0, 0.05) is 32.2 Å². The molecule has 1 aliphatic rings. The normalized spacial score (nSPS) is 14.4. The van der Waals surface area contributed by atoms with Gasteiger partial charge in [-0.05, 0) is 44.0 Å².